The van der Waals surface area contributed by atoms with Crippen molar-refractivity contribution in [3.63, 3.8) is 0 Å². The van der Waals surface area contributed by atoms with E-state index in [1.165, 1.54) is 10.4 Å². The number of fused-ring (bicyclic) bond motifs is 1. The summed E-state index contributed by atoms with van der Waals surface area (Å²) in [4.78, 5) is 13.1. The van der Waals surface area contributed by atoms with E-state index in [0.717, 1.165) is 18.4 Å². The van der Waals surface area contributed by atoms with Crippen molar-refractivity contribution in [3.05, 3.63) is 47.5 Å². The third kappa shape index (κ3) is 4.44. The number of rotatable bonds is 6. The van der Waals surface area contributed by atoms with Crippen LogP contribution in [0, 0.1) is 0 Å². The molecule has 0 radical (unpaired) electrons. The molecule has 1 fully saturated rings. The van der Waals surface area contributed by atoms with Crippen LogP contribution in [0.1, 0.15) is 32.6 Å². The molecule has 2 heterocycles. The topological polar surface area (TPSA) is 97.2 Å². The first kappa shape index (κ1) is 21.7. The van der Waals surface area contributed by atoms with Crippen molar-refractivity contribution in [2.75, 3.05) is 11.9 Å². The lowest BCUT2D eigenvalue weighted by atomic mass is 10.0. The zero-order valence-corrected chi connectivity index (χ0v) is 18.7. The number of sulfonamides is 1. The summed E-state index contributed by atoms with van der Waals surface area (Å²) in [5.74, 6) is -0.347. The van der Waals surface area contributed by atoms with Gasteiger partial charge in [-0.3, -0.25) is 4.79 Å². The number of carbonyl (C=O) groups excluding carboxylic acids is 1. The highest BCUT2D eigenvalue weighted by Crippen LogP contribution is 2.28. The Labute approximate surface area is 186 Å². The largest absolute Gasteiger partial charge is 0.325 e. The molecule has 0 aliphatic carbocycles. The number of halogens is 1. The number of hydrogen-bond acceptors (Lipinski definition) is 5. The lowest BCUT2D eigenvalue weighted by molar-refractivity contribution is -0.120. The van der Waals surface area contributed by atoms with Crippen LogP contribution in [0.15, 0.2) is 47.4 Å². The maximum absolute atomic E-state index is 13.4. The first-order valence-corrected chi connectivity index (χ1v) is 12.1. The second kappa shape index (κ2) is 8.94. The highest BCUT2D eigenvalue weighted by Gasteiger charge is 2.37. The maximum Gasteiger partial charge on any atom is 0.243 e. The molecular formula is C21H24ClN5O3S. The van der Waals surface area contributed by atoms with Gasteiger partial charge in [-0.2, -0.15) is 4.31 Å². The zero-order valence-electron chi connectivity index (χ0n) is 17.2. The molecule has 1 aliphatic heterocycles. The lowest BCUT2D eigenvalue weighted by Gasteiger charge is -2.33. The molecular weight excluding hydrogens is 438 g/mol. The van der Waals surface area contributed by atoms with E-state index in [1.54, 1.807) is 41.1 Å². The van der Waals surface area contributed by atoms with Crippen molar-refractivity contribution < 1.29 is 13.2 Å². The molecule has 1 atom stereocenters. The van der Waals surface area contributed by atoms with Gasteiger partial charge in [0.25, 0.3) is 0 Å². The van der Waals surface area contributed by atoms with Crippen molar-refractivity contribution >= 4 is 44.3 Å². The predicted octanol–water partition coefficient (Wildman–Crippen LogP) is 3.68. The van der Waals surface area contributed by atoms with Gasteiger partial charge in [-0.05, 0) is 61.7 Å². The Morgan fingerprint density at radius 1 is 1.19 bits per heavy atom. The number of aromatic nitrogens is 3. The summed E-state index contributed by atoms with van der Waals surface area (Å²) in [7, 11) is -3.88. The molecule has 31 heavy (non-hydrogen) atoms. The first-order chi connectivity index (χ1) is 14.9. The summed E-state index contributed by atoms with van der Waals surface area (Å²) < 4.78 is 30.0. The van der Waals surface area contributed by atoms with Crippen molar-refractivity contribution in [2.45, 2.75) is 50.1 Å². The summed E-state index contributed by atoms with van der Waals surface area (Å²) in [6.07, 6.45) is 2.86. The fraction of sp³-hybridized carbons (Fsp3) is 0.381. The molecule has 1 amide bonds. The van der Waals surface area contributed by atoms with Gasteiger partial charge in [0.2, 0.25) is 15.9 Å². The van der Waals surface area contributed by atoms with Crippen molar-refractivity contribution in [1.29, 1.82) is 0 Å². The van der Waals surface area contributed by atoms with Gasteiger partial charge in [-0.15, -0.1) is 5.10 Å². The Hall–Kier alpha value is -2.49. The number of nitrogens with one attached hydrogen (secondary N) is 1. The highest BCUT2D eigenvalue weighted by molar-refractivity contribution is 7.89. The molecule has 1 saturated heterocycles. The summed E-state index contributed by atoms with van der Waals surface area (Å²) >= 11 is 5.90. The van der Waals surface area contributed by atoms with E-state index in [-0.39, 0.29) is 10.8 Å². The van der Waals surface area contributed by atoms with Crippen molar-refractivity contribution in [3.8, 4) is 0 Å². The number of carbonyl (C=O) groups is 1. The average molecular weight is 462 g/mol. The van der Waals surface area contributed by atoms with Crippen LogP contribution in [0.4, 0.5) is 5.69 Å². The Bertz CT molecular complexity index is 1190. The summed E-state index contributed by atoms with van der Waals surface area (Å²) in [6.45, 7) is 3.04. The molecule has 3 aromatic rings. The third-order valence-electron chi connectivity index (χ3n) is 5.40. The SMILES string of the molecule is CCCn1nnc2cc(S(=O)(=O)N3CCCC[C@@H]3C(=O)Nc3ccc(Cl)cc3)ccc21. The van der Waals surface area contributed by atoms with E-state index in [1.807, 2.05) is 6.92 Å². The minimum absolute atomic E-state index is 0.120. The molecule has 164 valence electrons. The molecule has 0 spiro atoms. The maximum atomic E-state index is 13.4. The molecule has 8 nitrogen and oxygen atoms in total. The molecule has 1 N–H and O–H groups in total. The second-order valence-electron chi connectivity index (χ2n) is 7.59. The van der Waals surface area contributed by atoms with Gasteiger partial charge in [-0.25, -0.2) is 13.1 Å². The first-order valence-electron chi connectivity index (χ1n) is 10.3. The monoisotopic (exact) mass is 461 g/mol. The standard InChI is InChI=1S/C21H24ClN5O3S/c1-2-12-26-19-11-10-17(14-18(19)24-25-26)31(29,30)27-13-4-3-5-20(27)21(28)23-16-8-6-15(22)7-9-16/h6-11,14,20H,2-5,12-13H2,1H3,(H,23,28)/t20-/m1/s1. The van der Waals surface area contributed by atoms with Gasteiger partial charge in [-0.1, -0.05) is 30.2 Å². The number of aryl methyl sites for hydroxylation is 1. The van der Waals surface area contributed by atoms with Gasteiger partial charge in [0.05, 0.1) is 10.4 Å². The Balaban J connectivity index is 1.61. The number of amides is 1. The fourth-order valence-electron chi connectivity index (χ4n) is 3.84. The van der Waals surface area contributed by atoms with Crippen LogP contribution in [-0.2, 0) is 21.4 Å². The summed E-state index contributed by atoms with van der Waals surface area (Å²) in [5.41, 5.74) is 1.89. The Morgan fingerprint density at radius 2 is 1.97 bits per heavy atom. The van der Waals surface area contributed by atoms with Gasteiger partial charge in [0, 0.05) is 23.8 Å². The molecule has 10 heteroatoms. The fourth-order valence-corrected chi connectivity index (χ4v) is 5.64. The van der Waals surface area contributed by atoms with Crippen LogP contribution in [0.25, 0.3) is 11.0 Å². The van der Waals surface area contributed by atoms with Crippen LogP contribution < -0.4 is 5.32 Å². The Kier molecular flexibility index (Phi) is 6.27. The second-order valence-corrected chi connectivity index (χ2v) is 9.91. The van der Waals surface area contributed by atoms with Crippen LogP contribution in [0.5, 0.6) is 0 Å². The quantitative estimate of drug-likeness (QED) is 0.604. The van der Waals surface area contributed by atoms with Crippen molar-refractivity contribution in [2.24, 2.45) is 0 Å². The molecule has 1 aliphatic rings. The number of hydrogen-bond donors (Lipinski definition) is 1. The van der Waals surface area contributed by atoms with E-state index >= 15 is 0 Å². The van der Waals surface area contributed by atoms with E-state index in [9.17, 15) is 13.2 Å². The van der Waals surface area contributed by atoms with E-state index in [2.05, 4.69) is 15.6 Å². The molecule has 0 unspecified atom stereocenters. The summed E-state index contributed by atoms with van der Waals surface area (Å²) in [6, 6.07) is 10.8. The van der Waals surface area contributed by atoms with Gasteiger partial charge < -0.3 is 5.32 Å². The van der Waals surface area contributed by atoms with Gasteiger partial charge in [0.15, 0.2) is 0 Å². The van der Waals surface area contributed by atoms with Crippen LogP contribution >= 0.6 is 11.6 Å². The van der Waals surface area contributed by atoms with Crippen LogP contribution in [-0.4, -0.2) is 46.2 Å². The van der Waals surface area contributed by atoms with E-state index in [0.29, 0.717) is 42.2 Å². The molecule has 4 rings (SSSR count). The number of benzene rings is 2. The van der Waals surface area contributed by atoms with Crippen molar-refractivity contribution in [1.82, 2.24) is 19.3 Å². The lowest BCUT2D eigenvalue weighted by Crippen LogP contribution is -2.49. The number of piperidine rings is 1. The minimum Gasteiger partial charge on any atom is -0.325 e. The van der Waals surface area contributed by atoms with E-state index < -0.39 is 16.1 Å². The predicted molar refractivity (Wildman–Crippen MR) is 119 cm³/mol. The van der Waals surface area contributed by atoms with Gasteiger partial charge >= 0.3 is 0 Å². The average Bonchev–Trinajstić information content (AvgIpc) is 3.18. The zero-order chi connectivity index (χ0) is 22.0. The highest BCUT2D eigenvalue weighted by atomic mass is 35.5. The molecule has 0 saturated carbocycles. The summed E-state index contributed by atoms with van der Waals surface area (Å²) in [5, 5.41) is 11.6. The molecule has 2 aromatic carbocycles. The van der Waals surface area contributed by atoms with Crippen LogP contribution in [0.2, 0.25) is 5.02 Å². The van der Waals surface area contributed by atoms with Gasteiger partial charge in [0.1, 0.15) is 11.6 Å². The molecule has 1 aromatic heterocycles. The normalized spacial score (nSPS) is 17.7. The smallest absolute Gasteiger partial charge is 0.243 e. The number of nitrogens with zero attached hydrogens (tertiary/aromatic N) is 4. The number of anilines is 1. The minimum atomic E-state index is -3.88. The van der Waals surface area contributed by atoms with E-state index in [4.69, 9.17) is 11.6 Å². The Morgan fingerprint density at radius 3 is 2.71 bits per heavy atom. The third-order valence-corrected chi connectivity index (χ3v) is 7.55. The molecule has 0 bridgehead atoms. The van der Waals surface area contributed by atoms with Crippen LogP contribution in [0.3, 0.4) is 0 Å².